The van der Waals surface area contributed by atoms with Crippen molar-refractivity contribution < 1.29 is 9.47 Å². The molecule has 0 aliphatic rings. The Morgan fingerprint density at radius 3 is 1.09 bits per heavy atom. The number of anilines is 2. The van der Waals surface area contributed by atoms with Crippen LogP contribution in [-0.2, 0) is 6.42 Å². The molecule has 0 unspecified atom stereocenters. The molecule has 0 aliphatic carbocycles. The predicted molar refractivity (Wildman–Crippen MR) is 136 cm³/mol. The van der Waals surface area contributed by atoms with Crippen LogP contribution in [0.2, 0.25) is 0 Å². The quantitative estimate of drug-likeness (QED) is 0.311. The number of nitrogens with two attached hydrogens (primary N) is 2. The summed E-state index contributed by atoms with van der Waals surface area (Å²) in [6.45, 7) is 7.97. The molecule has 0 saturated heterocycles. The van der Waals surface area contributed by atoms with Crippen molar-refractivity contribution >= 4 is 11.4 Å². The van der Waals surface area contributed by atoms with E-state index in [4.69, 9.17) is 20.9 Å². The van der Waals surface area contributed by atoms with Crippen LogP contribution in [0.25, 0.3) is 0 Å². The van der Waals surface area contributed by atoms with Crippen LogP contribution >= 0.6 is 0 Å². The van der Waals surface area contributed by atoms with Crippen LogP contribution in [0.3, 0.4) is 0 Å². The number of ether oxygens (including phenoxy) is 2. The highest BCUT2D eigenvalue weighted by atomic mass is 16.5. The Morgan fingerprint density at radius 2 is 0.788 bits per heavy atom. The third-order valence-electron chi connectivity index (χ3n) is 5.86. The zero-order valence-corrected chi connectivity index (χ0v) is 19.6. The third kappa shape index (κ3) is 5.29. The minimum atomic E-state index is 0.800. The molecule has 4 rings (SSSR count). The standard InChI is InChI=1S/C29H30N2O2/c1-18-13-26(14-19(2)28(18)30)32-24-9-5-22(6-10-24)17-23-7-11-25(12-8-23)33-27-15-20(3)29(31)21(4)16-27/h5-16H,17,30-31H2,1-4H3. The normalized spacial score (nSPS) is 10.8. The highest BCUT2D eigenvalue weighted by Gasteiger charge is 2.06. The van der Waals surface area contributed by atoms with Crippen LogP contribution in [-0.4, -0.2) is 0 Å². The van der Waals surface area contributed by atoms with Gasteiger partial charge in [-0.05, 0) is 116 Å². The van der Waals surface area contributed by atoms with E-state index in [9.17, 15) is 0 Å². The zero-order valence-electron chi connectivity index (χ0n) is 19.6. The highest BCUT2D eigenvalue weighted by molar-refractivity contribution is 5.57. The lowest BCUT2D eigenvalue weighted by atomic mass is 10.0. The van der Waals surface area contributed by atoms with Crippen molar-refractivity contribution in [3.63, 3.8) is 0 Å². The van der Waals surface area contributed by atoms with Crippen molar-refractivity contribution in [2.24, 2.45) is 0 Å². The second-order valence-corrected chi connectivity index (χ2v) is 8.61. The molecule has 0 radical (unpaired) electrons. The number of benzene rings is 4. The monoisotopic (exact) mass is 438 g/mol. The molecule has 0 amide bonds. The zero-order chi connectivity index (χ0) is 23.5. The van der Waals surface area contributed by atoms with Crippen LogP contribution in [0.1, 0.15) is 33.4 Å². The van der Waals surface area contributed by atoms with Gasteiger partial charge in [-0.3, -0.25) is 0 Å². The van der Waals surface area contributed by atoms with Gasteiger partial charge in [-0.15, -0.1) is 0 Å². The number of hydrogen-bond donors (Lipinski definition) is 2. The summed E-state index contributed by atoms with van der Waals surface area (Å²) >= 11 is 0. The Bertz CT molecular complexity index is 1130. The lowest BCUT2D eigenvalue weighted by molar-refractivity contribution is 0.481. The van der Waals surface area contributed by atoms with Gasteiger partial charge in [-0.1, -0.05) is 24.3 Å². The van der Waals surface area contributed by atoms with E-state index in [-0.39, 0.29) is 0 Å². The summed E-state index contributed by atoms with van der Waals surface area (Å²) in [5.41, 5.74) is 20.2. The van der Waals surface area contributed by atoms with Crippen molar-refractivity contribution in [2.45, 2.75) is 34.1 Å². The lowest BCUT2D eigenvalue weighted by Gasteiger charge is -2.12. The molecule has 4 N–H and O–H groups in total. The Morgan fingerprint density at radius 1 is 0.485 bits per heavy atom. The Kier molecular flexibility index (Phi) is 6.27. The minimum absolute atomic E-state index is 0.800. The average molecular weight is 439 g/mol. The summed E-state index contributed by atoms with van der Waals surface area (Å²) in [5, 5.41) is 0. The summed E-state index contributed by atoms with van der Waals surface area (Å²) in [5.74, 6) is 3.21. The largest absolute Gasteiger partial charge is 0.457 e. The molecule has 168 valence electrons. The van der Waals surface area contributed by atoms with E-state index in [0.29, 0.717) is 0 Å². The van der Waals surface area contributed by atoms with E-state index < -0.39 is 0 Å². The molecular formula is C29H30N2O2. The summed E-state index contributed by atoms with van der Waals surface area (Å²) < 4.78 is 12.0. The molecule has 4 nitrogen and oxygen atoms in total. The van der Waals surface area contributed by atoms with Gasteiger partial charge in [0.2, 0.25) is 0 Å². The second-order valence-electron chi connectivity index (χ2n) is 8.61. The first-order valence-corrected chi connectivity index (χ1v) is 11.1. The number of nitrogen functional groups attached to an aromatic ring is 2. The van der Waals surface area contributed by atoms with Crippen LogP contribution in [0.5, 0.6) is 23.0 Å². The van der Waals surface area contributed by atoms with Crippen molar-refractivity contribution in [1.29, 1.82) is 0 Å². The number of rotatable bonds is 6. The molecule has 0 bridgehead atoms. The molecule has 0 aromatic heterocycles. The molecule has 4 heteroatoms. The van der Waals surface area contributed by atoms with E-state index in [1.165, 1.54) is 11.1 Å². The Balaban J connectivity index is 1.39. The molecule has 0 aliphatic heterocycles. The maximum Gasteiger partial charge on any atom is 0.128 e. The van der Waals surface area contributed by atoms with E-state index >= 15 is 0 Å². The number of hydrogen-bond acceptors (Lipinski definition) is 4. The van der Waals surface area contributed by atoms with Crippen LogP contribution in [0.4, 0.5) is 11.4 Å². The van der Waals surface area contributed by atoms with Gasteiger partial charge in [-0.2, -0.15) is 0 Å². The van der Waals surface area contributed by atoms with Crippen molar-refractivity contribution in [3.8, 4) is 23.0 Å². The minimum Gasteiger partial charge on any atom is -0.457 e. The molecule has 4 aromatic carbocycles. The molecule has 0 saturated carbocycles. The van der Waals surface area contributed by atoms with Gasteiger partial charge < -0.3 is 20.9 Å². The maximum absolute atomic E-state index is 6.03. The van der Waals surface area contributed by atoms with Gasteiger partial charge >= 0.3 is 0 Å². The van der Waals surface area contributed by atoms with E-state index in [1.807, 2.05) is 76.2 Å². The van der Waals surface area contributed by atoms with Gasteiger partial charge in [0, 0.05) is 11.4 Å². The molecule has 0 spiro atoms. The Hall–Kier alpha value is -3.92. The van der Waals surface area contributed by atoms with Gasteiger partial charge in [0.1, 0.15) is 23.0 Å². The van der Waals surface area contributed by atoms with Crippen molar-refractivity contribution in [1.82, 2.24) is 0 Å². The fourth-order valence-electron chi connectivity index (χ4n) is 3.85. The first kappa shape index (κ1) is 22.3. The average Bonchev–Trinajstić information content (AvgIpc) is 2.78. The predicted octanol–water partition coefficient (Wildman–Crippen LogP) is 7.26. The maximum atomic E-state index is 6.03. The molecule has 0 fully saturated rings. The summed E-state index contributed by atoms with van der Waals surface area (Å²) in [6.07, 6.45) is 0.834. The molecule has 0 heterocycles. The first-order valence-electron chi connectivity index (χ1n) is 11.1. The lowest BCUT2D eigenvalue weighted by Crippen LogP contribution is -1.95. The summed E-state index contributed by atoms with van der Waals surface area (Å²) in [6, 6.07) is 24.2. The van der Waals surface area contributed by atoms with Crippen LogP contribution in [0, 0.1) is 27.7 Å². The van der Waals surface area contributed by atoms with Crippen molar-refractivity contribution in [2.75, 3.05) is 11.5 Å². The fraction of sp³-hybridized carbons (Fsp3) is 0.172. The molecule has 33 heavy (non-hydrogen) atoms. The summed E-state index contributed by atoms with van der Waals surface area (Å²) in [7, 11) is 0. The summed E-state index contributed by atoms with van der Waals surface area (Å²) in [4.78, 5) is 0. The van der Waals surface area contributed by atoms with Crippen LogP contribution < -0.4 is 20.9 Å². The first-order chi connectivity index (χ1) is 15.8. The fourth-order valence-corrected chi connectivity index (χ4v) is 3.85. The van der Waals surface area contributed by atoms with Gasteiger partial charge in [0.15, 0.2) is 0 Å². The molecule has 0 atom stereocenters. The van der Waals surface area contributed by atoms with E-state index in [0.717, 1.165) is 63.0 Å². The third-order valence-corrected chi connectivity index (χ3v) is 5.86. The highest BCUT2D eigenvalue weighted by Crippen LogP contribution is 2.30. The van der Waals surface area contributed by atoms with E-state index in [1.54, 1.807) is 0 Å². The number of aryl methyl sites for hydroxylation is 4. The Labute approximate surface area is 195 Å². The van der Waals surface area contributed by atoms with Gasteiger partial charge in [-0.25, -0.2) is 0 Å². The van der Waals surface area contributed by atoms with Gasteiger partial charge in [0.25, 0.3) is 0 Å². The topological polar surface area (TPSA) is 70.5 Å². The smallest absolute Gasteiger partial charge is 0.128 e. The molecular weight excluding hydrogens is 408 g/mol. The van der Waals surface area contributed by atoms with Crippen LogP contribution in [0.15, 0.2) is 72.8 Å². The molecule has 4 aromatic rings. The van der Waals surface area contributed by atoms with Gasteiger partial charge in [0.05, 0.1) is 0 Å². The van der Waals surface area contributed by atoms with E-state index in [2.05, 4.69) is 24.3 Å². The second kappa shape index (κ2) is 9.29. The van der Waals surface area contributed by atoms with Crippen molar-refractivity contribution in [3.05, 3.63) is 106 Å². The SMILES string of the molecule is Cc1cc(Oc2ccc(Cc3ccc(Oc4cc(C)c(N)c(C)c4)cc3)cc2)cc(C)c1N.